The monoisotopic (exact) mass is 581 g/mol. The smallest absolute Gasteiger partial charge is 0.307 e. The maximum atomic E-state index is 15.3. The predicted molar refractivity (Wildman–Crippen MR) is 150 cm³/mol. The van der Waals surface area contributed by atoms with Gasteiger partial charge < -0.3 is 24.4 Å². The lowest BCUT2D eigenvalue weighted by Crippen LogP contribution is -2.54. The summed E-state index contributed by atoms with van der Waals surface area (Å²) in [6.45, 7) is 3.99. The molecule has 3 heterocycles. The van der Waals surface area contributed by atoms with Crippen molar-refractivity contribution in [3.8, 4) is 22.8 Å². The number of halogens is 2. The van der Waals surface area contributed by atoms with Crippen molar-refractivity contribution in [1.82, 2.24) is 9.88 Å². The van der Waals surface area contributed by atoms with E-state index in [4.69, 9.17) is 26.2 Å². The van der Waals surface area contributed by atoms with Crippen LogP contribution >= 0.6 is 11.6 Å². The third kappa shape index (κ3) is 5.97. The Kier molecular flexibility index (Phi) is 8.12. The summed E-state index contributed by atoms with van der Waals surface area (Å²) in [5.74, 6) is -1.52. The number of anilines is 1. The first-order chi connectivity index (χ1) is 19.6. The van der Waals surface area contributed by atoms with Crippen molar-refractivity contribution in [3.63, 3.8) is 0 Å². The second kappa shape index (κ2) is 11.7. The number of carbonyl (C=O) groups is 3. The molecule has 0 aliphatic carbocycles. The molecule has 0 saturated carbocycles. The van der Waals surface area contributed by atoms with Crippen LogP contribution in [0.5, 0.6) is 11.6 Å². The Hall–Kier alpha value is -4.18. The summed E-state index contributed by atoms with van der Waals surface area (Å²) < 4.78 is 26.8. The number of aromatic nitrogens is 1. The molecule has 0 bridgehead atoms. The quantitative estimate of drug-likeness (QED) is 0.408. The molecule has 2 aliphatic heterocycles. The lowest BCUT2D eigenvalue weighted by Gasteiger charge is -2.41. The average Bonchev–Trinajstić information content (AvgIpc) is 2.94. The summed E-state index contributed by atoms with van der Waals surface area (Å²) in [4.78, 5) is 44.8. The number of benzene rings is 2. The maximum absolute atomic E-state index is 15.3. The number of likely N-dealkylation sites (tertiary alicyclic amines) is 1. The van der Waals surface area contributed by atoms with E-state index < -0.39 is 29.9 Å². The minimum absolute atomic E-state index is 0.0535. The van der Waals surface area contributed by atoms with Gasteiger partial charge in [0.2, 0.25) is 5.88 Å². The largest absolute Gasteiger partial charge is 0.489 e. The number of fused-ring (bicyclic) bond motifs is 1. The number of amides is 2. The SMILES string of the molecule is C[C@H](CC(=O)O)Oc1ccccc1-c1ccc(C(=O)N2CCC(N3C(=O)[C@H](C)Oc4ncc(Cl)cc43)CC2)c(F)c1. The number of carboxylic acids is 1. The van der Waals surface area contributed by atoms with Gasteiger partial charge in [-0.25, -0.2) is 9.37 Å². The highest BCUT2D eigenvalue weighted by molar-refractivity contribution is 6.30. The second-order valence-corrected chi connectivity index (χ2v) is 10.6. The number of ether oxygens (including phenoxy) is 2. The van der Waals surface area contributed by atoms with E-state index in [2.05, 4.69) is 4.98 Å². The molecule has 0 spiro atoms. The second-order valence-electron chi connectivity index (χ2n) is 10.2. The topological polar surface area (TPSA) is 109 Å². The maximum Gasteiger partial charge on any atom is 0.307 e. The number of nitrogens with zero attached hydrogens (tertiary/aromatic N) is 3. The fourth-order valence-electron chi connectivity index (χ4n) is 5.25. The molecule has 41 heavy (non-hydrogen) atoms. The molecule has 9 nitrogen and oxygen atoms in total. The molecule has 214 valence electrons. The summed E-state index contributed by atoms with van der Waals surface area (Å²) in [6, 6.07) is 12.8. The molecule has 1 fully saturated rings. The summed E-state index contributed by atoms with van der Waals surface area (Å²) in [7, 11) is 0. The summed E-state index contributed by atoms with van der Waals surface area (Å²) in [6.07, 6.45) is 1.00. The van der Waals surface area contributed by atoms with Crippen molar-refractivity contribution in [1.29, 1.82) is 0 Å². The molecule has 0 unspecified atom stereocenters. The predicted octanol–water partition coefficient (Wildman–Crippen LogP) is 5.20. The number of rotatable bonds is 7. The zero-order chi connectivity index (χ0) is 29.3. The van der Waals surface area contributed by atoms with Gasteiger partial charge in [0.05, 0.1) is 17.0 Å². The van der Waals surface area contributed by atoms with Crippen LogP contribution in [0.4, 0.5) is 10.1 Å². The highest BCUT2D eigenvalue weighted by Crippen LogP contribution is 2.38. The fourth-order valence-corrected chi connectivity index (χ4v) is 5.41. The Morgan fingerprint density at radius 1 is 1.20 bits per heavy atom. The summed E-state index contributed by atoms with van der Waals surface area (Å²) in [5.41, 5.74) is 1.54. The molecular weight excluding hydrogens is 553 g/mol. The van der Waals surface area contributed by atoms with E-state index in [1.54, 1.807) is 60.0 Å². The van der Waals surface area contributed by atoms with Gasteiger partial charge in [-0.3, -0.25) is 14.4 Å². The van der Waals surface area contributed by atoms with Gasteiger partial charge >= 0.3 is 5.97 Å². The van der Waals surface area contributed by atoms with Crippen LogP contribution in [0.1, 0.15) is 43.5 Å². The van der Waals surface area contributed by atoms with Crippen molar-refractivity contribution in [3.05, 3.63) is 71.1 Å². The van der Waals surface area contributed by atoms with E-state index in [-0.39, 0.29) is 23.9 Å². The lowest BCUT2D eigenvalue weighted by atomic mass is 9.99. The highest BCUT2D eigenvalue weighted by Gasteiger charge is 2.39. The van der Waals surface area contributed by atoms with Crippen LogP contribution in [-0.2, 0) is 9.59 Å². The number of carbonyl (C=O) groups excluding carboxylic acids is 2. The number of piperidine rings is 1. The summed E-state index contributed by atoms with van der Waals surface area (Å²) in [5, 5.41) is 9.42. The third-order valence-corrected chi connectivity index (χ3v) is 7.44. The molecule has 2 aliphatic rings. The van der Waals surface area contributed by atoms with Crippen molar-refractivity contribution < 1.29 is 33.4 Å². The Morgan fingerprint density at radius 3 is 2.63 bits per heavy atom. The molecule has 0 radical (unpaired) electrons. The molecule has 1 aromatic heterocycles. The van der Waals surface area contributed by atoms with Crippen LogP contribution in [0, 0.1) is 5.82 Å². The first kappa shape index (κ1) is 28.4. The van der Waals surface area contributed by atoms with E-state index in [1.165, 1.54) is 18.3 Å². The van der Waals surface area contributed by atoms with E-state index in [0.29, 0.717) is 59.4 Å². The number of hydrogen-bond donors (Lipinski definition) is 1. The van der Waals surface area contributed by atoms with Gasteiger partial charge in [-0.2, -0.15) is 0 Å². The Labute approximate surface area is 241 Å². The molecule has 2 amide bonds. The zero-order valence-electron chi connectivity index (χ0n) is 22.5. The first-order valence-corrected chi connectivity index (χ1v) is 13.7. The van der Waals surface area contributed by atoms with Crippen LogP contribution in [-0.4, -0.2) is 64.1 Å². The number of carboxylic acid groups (broad SMARTS) is 1. The van der Waals surface area contributed by atoms with E-state index >= 15 is 4.39 Å². The van der Waals surface area contributed by atoms with E-state index in [0.717, 1.165) is 0 Å². The minimum atomic E-state index is -0.981. The van der Waals surface area contributed by atoms with Crippen molar-refractivity contribution in [2.45, 2.75) is 51.4 Å². The molecule has 3 aromatic rings. The van der Waals surface area contributed by atoms with Gasteiger partial charge in [-0.15, -0.1) is 0 Å². The highest BCUT2D eigenvalue weighted by atomic mass is 35.5. The molecule has 5 rings (SSSR count). The Bertz CT molecular complexity index is 1490. The third-order valence-electron chi connectivity index (χ3n) is 7.24. The van der Waals surface area contributed by atoms with Crippen LogP contribution in [0.3, 0.4) is 0 Å². The fraction of sp³-hybridized carbons (Fsp3) is 0.333. The van der Waals surface area contributed by atoms with Gasteiger partial charge in [0, 0.05) is 30.9 Å². The molecule has 1 saturated heterocycles. The zero-order valence-corrected chi connectivity index (χ0v) is 23.3. The molecule has 1 N–H and O–H groups in total. The normalized spacial score (nSPS) is 18.0. The standard InChI is InChI=1S/C30H29ClFN3O6/c1-17(13-27(36)37)40-26-6-4-3-5-22(26)19-7-8-23(24(32)14-19)30(39)34-11-9-21(10-12-34)35-25-15-20(31)16-33-28(25)41-18(2)29(35)38/h3-8,14-18,21H,9-13H2,1-2H3,(H,36,37)/t17-,18+/m1/s1. The van der Waals surface area contributed by atoms with Crippen LogP contribution < -0.4 is 14.4 Å². The number of hydrogen-bond acceptors (Lipinski definition) is 6. The van der Waals surface area contributed by atoms with E-state index in [9.17, 15) is 14.4 Å². The van der Waals surface area contributed by atoms with Gasteiger partial charge in [0.25, 0.3) is 11.8 Å². The molecule has 2 atom stereocenters. The molecular formula is C30H29ClFN3O6. The van der Waals surface area contributed by atoms with Gasteiger partial charge in [-0.05, 0) is 56.5 Å². The number of pyridine rings is 1. The van der Waals surface area contributed by atoms with Gasteiger partial charge in [-0.1, -0.05) is 35.9 Å². The lowest BCUT2D eigenvalue weighted by molar-refractivity contribution is -0.138. The first-order valence-electron chi connectivity index (χ1n) is 13.3. The van der Waals surface area contributed by atoms with E-state index in [1.807, 2.05) is 0 Å². The van der Waals surface area contributed by atoms with Crippen LogP contribution in [0.15, 0.2) is 54.7 Å². The van der Waals surface area contributed by atoms with Gasteiger partial charge in [0.1, 0.15) is 23.4 Å². The molecule has 11 heteroatoms. The van der Waals surface area contributed by atoms with Crippen LogP contribution in [0.25, 0.3) is 11.1 Å². The van der Waals surface area contributed by atoms with Crippen molar-refractivity contribution in [2.75, 3.05) is 18.0 Å². The minimum Gasteiger partial charge on any atom is -0.489 e. The molecule has 2 aromatic carbocycles. The van der Waals surface area contributed by atoms with Crippen LogP contribution in [0.2, 0.25) is 5.02 Å². The Balaban J connectivity index is 1.29. The number of para-hydroxylation sites is 1. The summed E-state index contributed by atoms with van der Waals surface area (Å²) >= 11 is 6.14. The Morgan fingerprint density at radius 2 is 1.93 bits per heavy atom. The van der Waals surface area contributed by atoms with Crippen molar-refractivity contribution in [2.24, 2.45) is 0 Å². The average molecular weight is 582 g/mol. The number of aliphatic carboxylic acids is 1. The van der Waals surface area contributed by atoms with Crippen molar-refractivity contribution >= 4 is 35.1 Å². The van der Waals surface area contributed by atoms with Gasteiger partial charge in [0.15, 0.2) is 6.10 Å².